The van der Waals surface area contributed by atoms with Crippen molar-refractivity contribution in [2.45, 2.75) is 28.1 Å². The Balaban J connectivity index is 1.80. The molecule has 0 amide bonds. The molecule has 15 heteroatoms. The van der Waals surface area contributed by atoms with E-state index in [4.69, 9.17) is 28.9 Å². The Morgan fingerprint density at radius 2 is 1.46 bits per heavy atom. The van der Waals surface area contributed by atoms with E-state index in [0.29, 0.717) is 44.0 Å². The van der Waals surface area contributed by atoms with Crippen LogP contribution in [0.4, 0.5) is 5.82 Å². The van der Waals surface area contributed by atoms with Crippen molar-refractivity contribution in [1.29, 1.82) is 0 Å². The van der Waals surface area contributed by atoms with Crippen LogP contribution in [-0.2, 0) is 39.7 Å². The van der Waals surface area contributed by atoms with Gasteiger partial charge in [0.15, 0.2) is 5.82 Å². The van der Waals surface area contributed by atoms with Crippen molar-refractivity contribution in [1.82, 2.24) is 9.78 Å². The molecule has 3 N–H and O–H groups in total. The van der Waals surface area contributed by atoms with E-state index in [1.807, 2.05) is 24.3 Å². The lowest BCUT2D eigenvalue weighted by Crippen LogP contribution is -2.37. The standard InChI is InChI=1S/C24H20Cl2N4O5S4/c25-19-7-9-21(36-19)38(32,33)30(39(34,35)22-10-8-20(26)37-22)24-23-17(14-31)5-2-6-18(23)29(28-24)13-16-4-1-3-15(11-16)12-27/h1-11,31H,12-14,27H2. The smallest absolute Gasteiger partial charge is 0.288 e. The van der Waals surface area contributed by atoms with Crippen LogP contribution in [0.2, 0.25) is 8.67 Å². The highest BCUT2D eigenvalue weighted by atomic mass is 35.5. The Kier molecular flexibility index (Phi) is 7.79. The average Bonchev–Trinajstić information content (AvgIpc) is 3.64. The molecule has 0 spiro atoms. The molecule has 0 aliphatic heterocycles. The number of aromatic nitrogens is 2. The third-order valence-electron chi connectivity index (χ3n) is 5.79. The molecular formula is C24H20Cl2N4O5S4. The maximum atomic E-state index is 14.0. The molecule has 5 rings (SSSR count). The van der Waals surface area contributed by atoms with Crippen molar-refractivity contribution in [3.8, 4) is 0 Å². The molecule has 0 aliphatic carbocycles. The quantitative estimate of drug-likeness (QED) is 0.230. The zero-order chi connectivity index (χ0) is 27.9. The van der Waals surface area contributed by atoms with Gasteiger partial charge >= 0.3 is 0 Å². The normalized spacial score (nSPS) is 12.3. The highest BCUT2D eigenvalue weighted by molar-refractivity contribution is 8.11. The van der Waals surface area contributed by atoms with Crippen molar-refractivity contribution in [3.63, 3.8) is 0 Å². The fourth-order valence-corrected chi connectivity index (χ4v) is 11.1. The van der Waals surface area contributed by atoms with Gasteiger partial charge in [-0.3, -0.25) is 4.68 Å². The number of hydrogen-bond donors (Lipinski definition) is 2. The van der Waals surface area contributed by atoms with E-state index >= 15 is 0 Å². The summed E-state index contributed by atoms with van der Waals surface area (Å²) in [6.07, 6.45) is 0. The van der Waals surface area contributed by atoms with Gasteiger partial charge in [0.2, 0.25) is 0 Å². The number of anilines is 1. The van der Waals surface area contributed by atoms with Crippen molar-refractivity contribution in [2.24, 2.45) is 5.73 Å². The number of aliphatic hydroxyl groups is 1. The minimum atomic E-state index is -4.75. The van der Waals surface area contributed by atoms with Gasteiger partial charge in [0.1, 0.15) is 8.42 Å². The van der Waals surface area contributed by atoms with Crippen molar-refractivity contribution < 1.29 is 21.9 Å². The first-order valence-corrected chi connectivity index (χ1v) is 16.5. The fraction of sp³-hybridized carbons (Fsp3) is 0.125. The molecule has 0 radical (unpaired) electrons. The van der Waals surface area contributed by atoms with E-state index in [1.54, 1.807) is 18.2 Å². The van der Waals surface area contributed by atoms with E-state index in [1.165, 1.54) is 28.9 Å². The maximum Gasteiger partial charge on any atom is 0.288 e. The van der Waals surface area contributed by atoms with Crippen LogP contribution in [-0.4, -0.2) is 31.7 Å². The molecule has 9 nitrogen and oxygen atoms in total. The van der Waals surface area contributed by atoms with Crippen LogP contribution in [0.1, 0.15) is 16.7 Å². The average molecular weight is 644 g/mol. The molecule has 0 unspecified atom stereocenters. The number of aliphatic hydroxyl groups excluding tert-OH is 1. The lowest BCUT2D eigenvalue weighted by atomic mass is 10.1. The highest BCUT2D eigenvalue weighted by Gasteiger charge is 2.42. The van der Waals surface area contributed by atoms with Gasteiger partial charge in [0.05, 0.1) is 32.7 Å². The highest BCUT2D eigenvalue weighted by Crippen LogP contribution is 2.40. The first kappa shape index (κ1) is 28.1. The van der Waals surface area contributed by atoms with Crippen LogP contribution >= 0.6 is 45.9 Å². The number of hydrogen-bond acceptors (Lipinski definition) is 9. The van der Waals surface area contributed by atoms with Crippen LogP contribution in [0.3, 0.4) is 0 Å². The Hall–Kier alpha value is -2.49. The molecule has 204 valence electrons. The number of halogens is 2. The van der Waals surface area contributed by atoms with Gasteiger partial charge in [-0.25, -0.2) is 0 Å². The van der Waals surface area contributed by atoms with E-state index in [0.717, 1.165) is 11.1 Å². The Bertz CT molecular complexity index is 1830. The molecule has 0 aliphatic rings. The predicted molar refractivity (Wildman–Crippen MR) is 155 cm³/mol. The fourth-order valence-electron chi connectivity index (χ4n) is 4.08. The second kappa shape index (κ2) is 10.8. The molecule has 3 aromatic heterocycles. The Labute approximate surface area is 242 Å². The van der Waals surface area contributed by atoms with Crippen LogP contribution in [0.15, 0.2) is 75.1 Å². The molecule has 3 heterocycles. The number of rotatable bonds is 9. The van der Waals surface area contributed by atoms with Gasteiger partial charge in [-0.2, -0.15) is 21.9 Å². The number of nitrogens with zero attached hydrogens (tertiary/aromatic N) is 3. The number of thiophene rings is 2. The number of benzene rings is 2. The SMILES string of the molecule is NCc1cccc(Cn2nc(N(S(=O)(=O)c3ccc(Cl)s3)S(=O)(=O)c3ccc(Cl)s3)c3c(CO)cccc32)c1. The summed E-state index contributed by atoms with van der Waals surface area (Å²) in [5, 5.41) is 14.9. The zero-order valence-corrected chi connectivity index (χ0v) is 24.6. The van der Waals surface area contributed by atoms with Gasteiger partial charge < -0.3 is 10.8 Å². The molecule has 0 bridgehead atoms. The minimum absolute atomic E-state index is 0.163. The van der Waals surface area contributed by atoms with Crippen molar-refractivity contribution >= 4 is 82.6 Å². The summed E-state index contributed by atoms with van der Waals surface area (Å²) in [7, 11) is -9.49. The second-order valence-corrected chi connectivity index (χ2v) is 16.0. The number of fused-ring (bicyclic) bond motifs is 1. The molecule has 2 aromatic carbocycles. The summed E-state index contributed by atoms with van der Waals surface area (Å²) in [6, 6.07) is 17.6. The van der Waals surface area contributed by atoms with Gasteiger partial charge in [0, 0.05) is 6.54 Å². The van der Waals surface area contributed by atoms with Gasteiger partial charge in [-0.15, -0.1) is 26.4 Å². The van der Waals surface area contributed by atoms with E-state index < -0.39 is 26.7 Å². The zero-order valence-electron chi connectivity index (χ0n) is 19.9. The molecule has 39 heavy (non-hydrogen) atoms. The third-order valence-corrected chi connectivity index (χ3v) is 13.3. The largest absolute Gasteiger partial charge is 0.392 e. The van der Waals surface area contributed by atoms with Crippen LogP contribution in [0.25, 0.3) is 10.9 Å². The lowest BCUT2D eigenvalue weighted by Gasteiger charge is -2.21. The third kappa shape index (κ3) is 5.21. The molecule has 0 atom stereocenters. The Morgan fingerprint density at radius 1 is 0.872 bits per heavy atom. The molecule has 5 aromatic rings. The maximum absolute atomic E-state index is 14.0. The van der Waals surface area contributed by atoms with Gasteiger partial charge in [-0.1, -0.05) is 59.6 Å². The summed E-state index contributed by atoms with van der Waals surface area (Å²) in [5.74, 6) is -0.376. The summed E-state index contributed by atoms with van der Waals surface area (Å²) in [5.41, 5.74) is 8.22. The molecule has 0 fully saturated rings. The number of sulfonamides is 2. The van der Waals surface area contributed by atoms with Crippen LogP contribution < -0.4 is 9.44 Å². The first-order chi connectivity index (χ1) is 18.6. The molecule has 0 saturated heterocycles. The van der Waals surface area contributed by atoms with Crippen LogP contribution in [0, 0.1) is 0 Å². The monoisotopic (exact) mass is 642 g/mol. The van der Waals surface area contributed by atoms with E-state index in [-0.39, 0.29) is 34.8 Å². The van der Waals surface area contributed by atoms with E-state index in [2.05, 4.69) is 5.10 Å². The lowest BCUT2D eigenvalue weighted by molar-refractivity contribution is 0.283. The molecule has 0 saturated carbocycles. The summed E-state index contributed by atoms with van der Waals surface area (Å²) in [6.45, 7) is 0.0235. The number of nitrogens with two attached hydrogens (primary N) is 1. The summed E-state index contributed by atoms with van der Waals surface area (Å²) < 4.78 is 57.6. The van der Waals surface area contributed by atoms with Crippen molar-refractivity contribution in [3.05, 3.63) is 92.1 Å². The second-order valence-electron chi connectivity index (χ2n) is 8.30. The topological polar surface area (TPSA) is 136 Å². The first-order valence-electron chi connectivity index (χ1n) is 11.2. The van der Waals surface area contributed by atoms with Crippen molar-refractivity contribution in [2.75, 3.05) is 3.71 Å². The summed E-state index contributed by atoms with van der Waals surface area (Å²) in [4.78, 5) is 0. The van der Waals surface area contributed by atoms with Gasteiger partial charge in [0.25, 0.3) is 20.0 Å². The van der Waals surface area contributed by atoms with E-state index in [9.17, 15) is 21.9 Å². The molecular weight excluding hydrogens is 623 g/mol. The summed E-state index contributed by atoms with van der Waals surface area (Å²) >= 11 is 13.5. The minimum Gasteiger partial charge on any atom is -0.392 e. The van der Waals surface area contributed by atoms with Crippen LogP contribution in [0.5, 0.6) is 0 Å². The predicted octanol–water partition coefficient (Wildman–Crippen LogP) is 5.05. The Morgan fingerprint density at radius 3 is 2.00 bits per heavy atom. The van der Waals surface area contributed by atoms with Gasteiger partial charge in [-0.05, 0) is 47.0 Å².